The van der Waals surface area contributed by atoms with Crippen LogP contribution in [0.4, 0.5) is 4.39 Å². The molecule has 0 saturated heterocycles. The zero-order valence-corrected chi connectivity index (χ0v) is 10.4. The van der Waals surface area contributed by atoms with Crippen LogP contribution < -0.4 is 9.47 Å². The molecule has 0 fully saturated rings. The lowest BCUT2D eigenvalue weighted by Gasteiger charge is -2.08. The Hall–Kier alpha value is -2.03. The third-order valence-corrected chi connectivity index (χ3v) is 2.64. The Bertz CT molecular complexity index is 521. The Balaban J connectivity index is 2.02. The fourth-order valence-corrected chi connectivity index (χ4v) is 1.61. The Morgan fingerprint density at radius 3 is 2.39 bits per heavy atom. The molecule has 0 saturated carbocycles. The molecule has 0 radical (unpaired) electrons. The van der Waals surface area contributed by atoms with Gasteiger partial charge < -0.3 is 9.47 Å². The highest BCUT2D eigenvalue weighted by molar-refractivity contribution is 5.30. The molecule has 0 aliphatic heterocycles. The number of rotatable bonds is 4. The van der Waals surface area contributed by atoms with Crippen molar-refractivity contribution in [1.29, 1.82) is 0 Å². The SMILES string of the molecule is COc1ccc(COc2ccc(C)cc2F)cc1. The van der Waals surface area contributed by atoms with Gasteiger partial charge in [0, 0.05) is 0 Å². The molecule has 0 aliphatic carbocycles. The number of aryl methyl sites for hydroxylation is 1. The lowest BCUT2D eigenvalue weighted by atomic mass is 10.2. The molecular formula is C15H15FO2. The summed E-state index contributed by atoms with van der Waals surface area (Å²) < 4.78 is 24.0. The largest absolute Gasteiger partial charge is 0.497 e. The molecule has 0 N–H and O–H groups in total. The summed E-state index contributed by atoms with van der Waals surface area (Å²) in [5, 5.41) is 0. The monoisotopic (exact) mass is 246 g/mol. The number of hydrogen-bond acceptors (Lipinski definition) is 2. The van der Waals surface area contributed by atoms with Crippen LogP contribution in [0.25, 0.3) is 0 Å². The summed E-state index contributed by atoms with van der Waals surface area (Å²) >= 11 is 0. The van der Waals surface area contributed by atoms with E-state index in [1.807, 2.05) is 37.3 Å². The van der Waals surface area contributed by atoms with Gasteiger partial charge in [-0.25, -0.2) is 4.39 Å². The topological polar surface area (TPSA) is 18.5 Å². The van der Waals surface area contributed by atoms with Crippen LogP contribution in [0, 0.1) is 12.7 Å². The molecule has 0 atom stereocenters. The van der Waals surface area contributed by atoms with Gasteiger partial charge in [-0.05, 0) is 42.3 Å². The van der Waals surface area contributed by atoms with E-state index in [9.17, 15) is 4.39 Å². The second-order valence-corrected chi connectivity index (χ2v) is 4.07. The van der Waals surface area contributed by atoms with Crippen LogP contribution in [0.5, 0.6) is 11.5 Å². The van der Waals surface area contributed by atoms with E-state index in [-0.39, 0.29) is 11.6 Å². The van der Waals surface area contributed by atoms with Crippen molar-refractivity contribution in [2.45, 2.75) is 13.5 Å². The highest BCUT2D eigenvalue weighted by atomic mass is 19.1. The van der Waals surface area contributed by atoms with Crippen LogP contribution in [0.3, 0.4) is 0 Å². The van der Waals surface area contributed by atoms with Crippen molar-refractivity contribution in [1.82, 2.24) is 0 Å². The lowest BCUT2D eigenvalue weighted by molar-refractivity contribution is 0.290. The molecular weight excluding hydrogens is 231 g/mol. The minimum absolute atomic E-state index is 0.274. The van der Waals surface area contributed by atoms with E-state index in [0.717, 1.165) is 16.9 Å². The lowest BCUT2D eigenvalue weighted by Crippen LogP contribution is -1.97. The minimum atomic E-state index is -0.330. The normalized spacial score (nSPS) is 10.2. The molecule has 2 aromatic carbocycles. The fourth-order valence-electron chi connectivity index (χ4n) is 1.61. The first kappa shape index (κ1) is 12.4. The highest BCUT2D eigenvalue weighted by Gasteiger charge is 2.03. The maximum atomic E-state index is 13.5. The van der Waals surface area contributed by atoms with E-state index < -0.39 is 0 Å². The second kappa shape index (κ2) is 5.54. The maximum Gasteiger partial charge on any atom is 0.165 e. The first-order valence-electron chi connectivity index (χ1n) is 5.71. The van der Waals surface area contributed by atoms with Gasteiger partial charge in [0.05, 0.1) is 7.11 Å². The zero-order valence-electron chi connectivity index (χ0n) is 10.4. The molecule has 0 bridgehead atoms. The van der Waals surface area contributed by atoms with Crippen LogP contribution in [-0.4, -0.2) is 7.11 Å². The van der Waals surface area contributed by atoms with E-state index >= 15 is 0 Å². The van der Waals surface area contributed by atoms with Gasteiger partial charge in [0.15, 0.2) is 11.6 Å². The number of ether oxygens (including phenoxy) is 2. The summed E-state index contributed by atoms with van der Waals surface area (Å²) in [4.78, 5) is 0. The Kier molecular flexibility index (Phi) is 3.82. The van der Waals surface area contributed by atoms with Crippen LogP contribution in [0.15, 0.2) is 42.5 Å². The van der Waals surface area contributed by atoms with Crippen molar-refractivity contribution in [3.05, 3.63) is 59.4 Å². The first-order valence-corrected chi connectivity index (χ1v) is 5.71. The number of hydrogen-bond donors (Lipinski definition) is 0. The minimum Gasteiger partial charge on any atom is -0.497 e. The predicted octanol–water partition coefficient (Wildman–Crippen LogP) is 3.72. The fraction of sp³-hybridized carbons (Fsp3) is 0.200. The standard InChI is InChI=1S/C15H15FO2/c1-11-3-8-15(14(16)9-11)18-10-12-4-6-13(17-2)7-5-12/h3-9H,10H2,1-2H3. The molecule has 2 rings (SSSR count). The molecule has 94 valence electrons. The molecule has 18 heavy (non-hydrogen) atoms. The average molecular weight is 246 g/mol. The summed E-state index contributed by atoms with van der Waals surface area (Å²) in [6.45, 7) is 2.18. The van der Waals surface area contributed by atoms with Crippen molar-refractivity contribution < 1.29 is 13.9 Å². The van der Waals surface area contributed by atoms with Crippen molar-refractivity contribution in [3.8, 4) is 11.5 Å². The van der Waals surface area contributed by atoms with Crippen molar-refractivity contribution >= 4 is 0 Å². The second-order valence-electron chi connectivity index (χ2n) is 4.07. The van der Waals surface area contributed by atoms with E-state index in [0.29, 0.717) is 6.61 Å². The van der Waals surface area contributed by atoms with Gasteiger partial charge >= 0.3 is 0 Å². The summed E-state index contributed by atoms with van der Waals surface area (Å²) in [7, 11) is 1.62. The third-order valence-electron chi connectivity index (χ3n) is 2.64. The Morgan fingerprint density at radius 1 is 1.06 bits per heavy atom. The van der Waals surface area contributed by atoms with E-state index in [4.69, 9.17) is 9.47 Å². The van der Waals surface area contributed by atoms with Gasteiger partial charge in [-0.3, -0.25) is 0 Å². The number of methoxy groups -OCH3 is 1. The van der Waals surface area contributed by atoms with Crippen molar-refractivity contribution in [3.63, 3.8) is 0 Å². The van der Waals surface area contributed by atoms with Gasteiger partial charge in [-0.15, -0.1) is 0 Å². The highest BCUT2D eigenvalue weighted by Crippen LogP contribution is 2.20. The van der Waals surface area contributed by atoms with Gasteiger partial charge in [0.25, 0.3) is 0 Å². The van der Waals surface area contributed by atoms with E-state index in [1.165, 1.54) is 6.07 Å². The molecule has 0 aromatic heterocycles. The summed E-state index contributed by atoms with van der Waals surface area (Å²) in [5.41, 5.74) is 1.85. The van der Waals surface area contributed by atoms with Crippen molar-refractivity contribution in [2.75, 3.05) is 7.11 Å². The number of halogens is 1. The average Bonchev–Trinajstić information content (AvgIpc) is 2.38. The van der Waals surface area contributed by atoms with Crippen LogP contribution >= 0.6 is 0 Å². The summed E-state index contributed by atoms with van der Waals surface area (Å²) in [5.74, 6) is 0.736. The quantitative estimate of drug-likeness (QED) is 0.818. The Labute approximate surface area is 106 Å². The maximum absolute atomic E-state index is 13.5. The zero-order chi connectivity index (χ0) is 13.0. The van der Waals surface area contributed by atoms with Crippen LogP contribution in [-0.2, 0) is 6.61 Å². The molecule has 2 nitrogen and oxygen atoms in total. The van der Waals surface area contributed by atoms with Crippen LogP contribution in [0.2, 0.25) is 0 Å². The molecule has 2 aromatic rings. The van der Waals surface area contributed by atoms with Gasteiger partial charge in [0.2, 0.25) is 0 Å². The third kappa shape index (κ3) is 3.00. The van der Waals surface area contributed by atoms with Gasteiger partial charge in [0.1, 0.15) is 12.4 Å². The van der Waals surface area contributed by atoms with E-state index in [1.54, 1.807) is 13.2 Å². The molecule has 0 amide bonds. The summed E-state index contributed by atoms with van der Waals surface area (Å²) in [6.07, 6.45) is 0. The van der Waals surface area contributed by atoms with Crippen LogP contribution in [0.1, 0.15) is 11.1 Å². The van der Waals surface area contributed by atoms with Gasteiger partial charge in [-0.2, -0.15) is 0 Å². The first-order chi connectivity index (χ1) is 8.69. The molecule has 3 heteroatoms. The van der Waals surface area contributed by atoms with Crippen molar-refractivity contribution in [2.24, 2.45) is 0 Å². The van der Waals surface area contributed by atoms with E-state index in [2.05, 4.69) is 0 Å². The van der Waals surface area contributed by atoms with Gasteiger partial charge in [-0.1, -0.05) is 18.2 Å². The molecule has 0 spiro atoms. The molecule has 0 unspecified atom stereocenters. The summed E-state index contributed by atoms with van der Waals surface area (Å²) in [6, 6.07) is 12.4. The Morgan fingerprint density at radius 2 is 1.78 bits per heavy atom. The predicted molar refractivity (Wildman–Crippen MR) is 68.5 cm³/mol. The molecule has 0 aliphatic rings. The molecule has 0 heterocycles. The smallest absolute Gasteiger partial charge is 0.165 e. The number of benzene rings is 2.